The van der Waals surface area contributed by atoms with Gasteiger partial charge in [-0.15, -0.1) is 0 Å². The van der Waals surface area contributed by atoms with Crippen molar-refractivity contribution in [3.63, 3.8) is 0 Å². The van der Waals surface area contributed by atoms with Crippen LogP contribution in [0.1, 0.15) is 48.8 Å². The van der Waals surface area contributed by atoms with Crippen molar-refractivity contribution in [1.29, 1.82) is 0 Å². The van der Waals surface area contributed by atoms with Crippen LogP contribution in [0, 0.1) is 0 Å². The van der Waals surface area contributed by atoms with Gasteiger partial charge in [0.2, 0.25) is 0 Å². The van der Waals surface area contributed by atoms with E-state index in [1.54, 1.807) is 0 Å². The van der Waals surface area contributed by atoms with Crippen LogP contribution in [0.25, 0.3) is 0 Å². The molecule has 1 aliphatic heterocycles. The third-order valence-electron chi connectivity index (χ3n) is 6.20. The quantitative estimate of drug-likeness (QED) is 0.901. The van der Waals surface area contributed by atoms with Gasteiger partial charge in [-0.25, -0.2) is 0 Å². The summed E-state index contributed by atoms with van der Waals surface area (Å²) >= 11 is 0. The summed E-state index contributed by atoms with van der Waals surface area (Å²) in [6.45, 7) is 2.00. The van der Waals surface area contributed by atoms with Gasteiger partial charge in [-0.2, -0.15) is 0 Å². The first-order valence-electron chi connectivity index (χ1n) is 8.82. The normalized spacial score (nSPS) is 28.7. The highest BCUT2D eigenvalue weighted by Gasteiger charge is 2.58. The Morgan fingerprint density at radius 1 is 1.14 bits per heavy atom. The minimum atomic E-state index is -0.526. The molecule has 0 radical (unpaired) electrons. The second-order valence-corrected chi connectivity index (χ2v) is 7.90. The first kappa shape index (κ1) is 14.5. The second-order valence-electron chi connectivity index (χ2n) is 7.90. The number of aliphatic hydroxyl groups is 1. The SMILES string of the molecule is CN(C)CC1(C2(O)CCCCC2)Cc2ccc3c(c21)NCC3. The molecule has 120 valence electrons. The molecular weight excluding hydrogens is 272 g/mol. The topological polar surface area (TPSA) is 35.5 Å². The van der Waals surface area contributed by atoms with E-state index in [-0.39, 0.29) is 5.41 Å². The largest absolute Gasteiger partial charge is 0.389 e. The number of fused-ring (bicyclic) bond motifs is 3. The summed E-state index contributed by atoms with van der Waals surface area (Å²) in [6.07, 6.45) is 7.70. The van der Waals surface area contributed by atoms with Gasteiger partial charge < -0.3 is 15.3 Å². The molecule has 1 fully saturated rings. The van der Waals surface area contributed by atoms with Crippen molar-refractivity contribution in [3.8, 4) is 0 Å². The lowest BCUT2D eigenvalue weighted by atomic mass is 9.51. The first-order valence-corrected chi connectivity index (χ1v) is 8.82. The Balaban J connectivity index is 1.83. The molecule has 1 aromatic carbocycles. The standard InChI is InChI=1S/C19H28N2O/c1-21(2)13-18(19(22)9-4-3-5-10-19)12-15-7-6-14-8-11-20-17(14)16(15)18/h6-7,20,22H,3-5,8-13H2,1-2H3. The Morgan fingerprint density at radius 3 is 2.59 bits per heavy atom. The summed E-state index contributed by atoms with van der Waals surface area (Å²) in [5.74, 6) is 0. The van der Waals surface area contributed by atoms with Crippen LogP contribution >= 0.6 is 0 Å². The maximum atomic E-state index is 11.6. The van der Waals surface area contributed by atoms with Gasteiger partial charge in [0.15, 0.2) is 0 Å². The summed E-state index contributed by atoms with van der Waals surface area (Å²) in [4.78, 5) is 2.27. The Hall–Kier alpha value is -1.06. The van der Waals surface area contributed by atoms with E-state index in [1.807, 2.05) is 0 Å². The number of likely N-dealkylation sites (N-methyl/N-ethyl adjacent to an activating group) is 1. The zero-order valence-corrected chi connectivity index (χ0v) is 13.9. The Morgan fingerprint density at radius 2 is 1.86 bits per heavy atom. The molecule has 0 aromatic heterocycles. The molecule has 3 nitrogen and oxygen atoms in total. The highest BCUT2D eigenvalue weighted by Crippen LogP contribution is 2.57. The highest BCUT2D eigenvalue weighted by atomic mass is 16.3. The molecule has 0 saturated heterocycles. The van der Waals surface area contributed by atoms with Crippen LogP contribution in [-0.4, -0.2) is 42.8 Å². The van der Waals surface area contributed by atoms with Crippen LogP contribution < -0.4 is 5.32 Å². The van der Waals surface area contributed by atoms with Crippen LogP contribution in [0.2, 0.25) is 0 Å². The van der Waals surface area contributed by atoms with Crippen molar-refractivity contribution >= 4 is 5.69 Å². The van der Waals surface area contributed by atoms with Gasteiger partial charge in [0.25, 0.3) is 0 Å². The van der Waals surface area contributed by atoms with Crippen molar-refractivity contribution in [2.75, 3.05) is 32.5 Å². The summed E-state index contributed by atoms with van der Waals surface area (Å²) in [6, 6.07) is 4.60. The van der Waals surface area contributed by atoms with Crippen LogP contribution in [0.5, 0.6) is 0 Å². The fraction of sp³-hybridized carbons (Fsp3) is 0.684. The molecule has 2 N–H and O–H groups in total. The second kappa shape index (κ2) is 4.97. The molecular formula is C19H28N2O. The lowest BCUT2D eigenvalue weighted by Gasteiger charge is -2.57. The van der Waals surface area contributed by atoms with Crippen molar-refractivity contribution in [1.82, 2.24) is 4.90 Å². The summed E-state index contributed by atoms with van der Waals surface area (Å²) in [5, 5.41) is 15.2. The van der Waals surface area contributed by atoms with E-state index >= 15 is 0 Å². The zero-order valence-electron chi connectivity index (χ0n) is 13.9. The molecule has 1 saturated carbocycles. The van der Waals surface area contributed by atoms with E-state index < -0.39 is 5.60 Å². The number of benzene rings is 1. The van der Waals surface area contributed by atoms with Crippen LogP contribution in [0.4, 0.5) is 5.69 Å². The van der Waals surface area contributed by atoms with Gasteiger partial charge in [0.05, 0.1) is 5.60 Å². The van der Waals surface area contributed by atoms with Gasteiger partial charge in [-0.05, 0) is 56.5 Å². The predicted molar refractivity (Wildman–Crippen MR) is 90.6 cm³/mol. The maximum absolute atomic E-state index is 11.6. The number of hydrogen-bond donors (Lipinski definition) is 2. The molecule has 0 amide bonds. The summed E-state index contributed by atoms with van der Waals surface area (Å²) < 4.78 is 0. The van der Waals surface area contributed by atoms with Gasteiger partial charge in [0.1, 0.15) is 0 Å². The van der Waals surface area contributed by atoms with Gasteiger partial charge in [-0.1, -0.05) is 31.4 Å². The third-order valence-corrected chi connectivity index (χ3v) is 6.20. The fourth-order valence-corrected chi connectivity index (χ4v) is 5.26. The number of anilines is 1. The molecule has 1 aromatic rings. The minimum absolute atomic E-state index is 0.0745. The fourth-order valence-electron chi connectivity index (χ4n) is 5.26. The summed E-state index contributed by atoms with van der Waals surface area (Å²) in [5.41, 5.74) is 5.09. The molecule has 0 bridgehead atoms. The number of nitrogens with zero attached hydrogens (tertiary/aromatic N) is 1. The van der Waals surface area contributed by atoms with E-state index in [4.69, 9.17) is 0 Å². The van der Waals surface area contributed by atoms with E-state index in [1.165, 1.54) is 41.6 Å². The number of nitrogens with one attached hydrogen (secondary N) is 1. The van der Waals surface area contributed by atoms with Crippen LogP contribution in [0.3, 0.4) is 0 Å². The molecule has 1 atom stereocenters. The molecule has 1 unspecified atom stereocenters. The lowest BCUT2D eigenvalue weighted by Crippen LogP contribution is -2.63. The van der Waals surface area contributed by atoms with Crippen molar-refractivity contribution in [2.24, 2.45) is 0 Å². The third kappa shape index (κ3) is 1.88. The number of hydrogen-bond acceptors (Lipinski definition) is 3. The Bertz CT molecular complexity index is 589. The molecule has 3 aliphatic rings. The van der Waals surface area contributed by atoms with Crippen molar-refractivity contribution < 1.29 is 5.11 Å². The number of rotatable bonds is 3. The Labute approximate surface area is 133 Å². The van der Waals surface area contributed by atoms with E-state index in [0.717, 1.165) is 38.8 Å². The van der Waals surface area contributed by atoms with Gasteiger partial charge in [-0.3, -0.25) is 0 Å². The van der Waals surface area contributed by atoms with Crippen molar-refractivity contribution in [2.45, 2.75) is 56.0 Å². The van der Waals surface area contributed by atoms with Gasteiger partial charge >= 0.3 is 0 Å². The lowest BCUT2D eigenvalue weighted by molar-refractivity contribution is -0.0866. The minimum Gasteiger partial charge on any atom is -0.389 e. The van der Waals surface area contributed by atoms with E-state index in [9.17, 15) is 5.11 Å². The molecule has 0 spiro atoms. The average Bonchev–Trinajstić information content (AvgIpc) is 2.91. The monoisotopic (exact) mass is 300 g/mol. The molecule has 2 aliphatic carbocycles. The van der Waals surface area contributed by atoms with Gasteiger partial charge in [0, 0.05) is 24.2 Å². The Kier molecular flexibility index (Phi) is 3.28. The maximum Gasteiger partial charge on any atom is 0.0760 e. The smallest absolute Gasteiger partial charge is 0.0760 e. The van der Waals surface area contributed by atoms with Crippen LogP contribution in [-0.2, 0) is 18.3 Å². The van der Waals surface area contributed by atoms with Crippen molar-refractivity contribution in [3.05, 3.63) is 28.8 Å². The predicted octanol–water partition coefficient (Wildman–Crippen LogP) is 2.71. The first-order chi connectivity index (χ1) is 10.6. The molecule has 3 heteroatoms. The summed E-state index contributed by atoms with van der Waals surface area (Å²) in [7, 11) is 4.28. The van der Waals surface area contributed by atoms with E-state index in [2.05, 4.69) is 36.4 Å². The van der Waals surface area contributed by atoms with Crippen LogP contribution in [0.15, 0.2) is 12.1 Å². The van der Waals surface area contributed by atoms with E-state index in [0.29, 0.717) is 0 Å². The molecule has 4 rings (SSSR count). The molecule has 22 heavy (non-hydrogen) atoms. The zero-order chi connectivity index (χ0) is 15.4. The highest BCUT2D eigenvalue weighted by molar-refractivity contribution is 5.71. The average molecular weight is 300 g/mol. The molecule has 1 heterocycles.